The number of nitrogen functional groups attached to an aromatic ring is 1. The molecular formula is C12H10BrN3O2. The Bertz CT molecular complexity index is 745. The number of aromatic nitrogens is 2. The third kappa shape index (κ3) is 1.69. The van der Waals surface area contributed by atoms with Crippen molar-refractivity contribution in [3.8, 4) is 11.7 Å². The van der Waals surface area contributed by atoms with Crippen molar-refractivity contribution in [2.75, 3.05) is 5.73 Å². The number of benzene rings is 1. The normalized spacial score (nSPS) is 11.3. The van der Waals surface area contributed by atoms with Gasteiger partial charge in [0.25, 0.3) is 5.89 Å². The molecule has 18 heavy (non-hydrogen) atoms. The summed E-state index contributed by atoms with van der Waals surface area (Å²) >= 11 is 3.37. The van der Waals surface area contributed by atoms with Crippen LogP contribution in [-0.4, -0.2) is 9.97 Å². The largest absolute Gasteiger partial charge is 0.436 e. The maximum absolute atomic E-state index is 5.88. The molecule has 92 valence electrons. The average molecular weight is 308 g/mol. The second-order valence-corrected chi connectivity index (χ2v) is 4.93. The Morgan fingerprint density at radius 2 is 1.94 bits per heavy atom. The predicted molar refractivity (Wildman–Crippen MR) is 71.1 cm³/mol. The first-order valence-electron chi connectivity index (χ1n) is 5.34. The van der Waals surface area contributed by atoms with Gasteiger partial charge in [0.1, 0.15) is 5.52 Å². The second-order valence-electron chi connectivity index (χ2n) is 4.01. The third-order valence-electron chi connectivity index (χ3n) is 2.58. The number of fused-ring (bicyclic) bond motifs is 1. The number of halogens is 1. The molecule has 2 N–H and O–H groups in total. The standard InChI is InChI=1S/C12H10BrN3O2/c1-5-10(17-6(2)15-5)12-16-9-4-7(13)3-8(14)11(9)18-12/h3-4H,14H2,1-2H3. The zero-order valence-corrected chi connectivity index (χ0v) is 11.4. The number of hydrogen-bond donors (Lipinski definition) is 1. The van der Waals surface area contributed by atoms with Gasteiger partial charge in [-0.25, -0.2) is 9.97 Å². The van der Waals surface area contributed by atoms with Crippen molar-refractivity contribution in [2.45, 2.75) is 13.8 Å². The van der Waals surface area contributed by atoms with Crippen molar-refractivity contribution >= 4 is 32.7 Å². The van der Waals surface area contributed by atoms with Crippen LogP contribution in [0.1, 0.15) is 11.6 Å². The van der Waals surface area contributed by atoms with Crippen LogP contribution in [0.25, 0.3) is 22.8 Å². The molecule has 3 aromatic rings. The zero-order valence-electron chi connectivity index (χ0n) is 9.82. The molecule has 0 aliphatic heterocycles. The topological polar surface area (TPSA) is 78.1 Å². The van der Waals surface area contributed by atoms with Gasteiger partial charge >= 0.3 is 0 Å². The van der Waals surface area contributed by atoms with Gasteiger partial charge in [0.2, 0.25) is 5.76 Å². The first-order chi connectivity index (χ1) is 8.54. The highest BCUT2D eigenvalue weighted by Crippen LogP contribution is 2.32. The van der Waals surface area contributed by atoms with Crippen LogP contribution in [0.4, 0.5) is 5.69 Å². The van der Waals surface area contributed by atoms with Crippen LogP contribution < -0.4 is 5.73 Å². The SMILES string of the molecule is Cc1nc(C)c(-c2nc3cc(Br)cc(N)c3o2)o1. The smallest absolute Gasteiger partial charge is 0.266 e. The Balaban J connectivity index is 2.25. The van der Waals surface area contributed by atoms with Gasteiger partial charge in [-0.1, -0.05) is 15.9 Å². The van der Waals surface area contributed by atoms with Crippen LogP contribution in [0, 0.1) is 13.8 Å². The quantitative estimate of drug-likeness (QED) is 0.697. The van der Waals surface area contributed by atoms with E-state index in [-0.39, 0.29) is 0 Å². The van der Waals surface area contributed by atoms with E-state index >= 15 is 0 Å². The van der Waals surface area contributed by atoms with Gasteiger partial charge in [0.15, 0.2) is 11.5 Å². The maximum atomic E-state index is 5.88. The van der Waals surface area contributed by atoms with E-state index in [9.17, 15) is 0 Å². The van der Waals surface area contributed by atoms with E-state index in [1.54, 1.807) is 13.0 Å². The summed E-state index contributed by atoms with van der Waals surface area (Å²) in [5, 5.41) is 0. The van der Waals surface area contributed by atoms with Crippen molar-refractivity contribution < 1.29 is 8.83 Å². The highest BCUT2D eigenvalue weighted by molar-refractivity contribution is 9.10. The molecule has 0 radical (unpaired) electrons. The molecule has 0 unspecified atom stereocenters. The Morgan fingerprint density at radius 3 is 2.61 bits per heavy atom. The lowest BCUT2D eigenvalue weighted by Gasteiger charge is -1.93. The lowest BCUT2D eigenvalue weighted by atomic mass is 10.3. The van der Waals surface area contributed by atoms with E-state index in [0.29, 0.717) is 34.3 Å². The average Bonchev–Trinajstić information content (AvgIpc) is 2.81. The fourth-order valence-electron chi connectivity index (χ4n) is 1.85. The van der Waals surface area contributed by atoms with Crippen molar-refractivity contribution in [3.63, 3.8) is 0 Å². The number of nitrogens with two attached hydrogens (primary N) is 1. The molecule has 0 spiro atoms. The van der Waals surface area contributed by atoms with E-state index in [2.05, 4.69) is 25.9 Å². The lowest BCUT2D eigenvalue weighted by molar-refractivity contribution is 0.504. The number of aryl methyl sites for hydroxylation is 2. The number of hydrogen-bond acceptors (Lipinski definition) is 5. The lowest BCUT2D eigenvalue weighted by Crippen LogP contribution is -1.84. The van der Waals surface area contributed by atoms with Gasteiger partial charge in [-0.15, -0.1) is 0 Å². The molecule has 0 fully saturated rings. The maximum Gasteiger partial charge on any atom is 0.266 e. The summed E-state index contributed by atoms with van der Waals surface area (Å²) in [5.74, 6) is 1.52. The number of nitrogens with zero attached hydrogens (tertiary/aromatic N) is 2. The van der Waals surface area contributed by atoms with E-state index in [1.165, 1.54) is 0 Å². The van der Waals surface area contributed by atoms with E-state index in [0.717, 1.165) is 10.2 Å². The van der Waals surface area contributed by atoms with Crippen LogP contribution >= 0.6 is 15.9 Å². The molecule has 5 nitrogen and oxygen atoms in total. The van der Waals surface area contributed by atoms with Crippen LogP contribution in [0.5, 0.6) is 0 Å². The Hall–Kier alpha value is -1.82. The van der Waals surface area contributed by atoms with Gasteiger partial charge in [0, 0.05) is 11.4 Å². The molecule has 0 atom stereocenters. The highest BCUT2D eigenvalue weighted by Gasteiger charge is 2.17. The second kappa shape index (κ2) is 3.84. The van der Waals surface area contributed by atoms with Gasteiger partial charge < -0.3 is 14.6 Å². The molecule has 0 aliphatic rings. The number of oxazole rings is 2. The summed E-state index contributed by atoms with van der Waals surface area (Å²) in [5.41, 5.74) is 8.41. The predicted octanol–water partition coefficient (Wildman–Crippen LogP) is 3.44. The molecule has 1 aromatic carbocycles. The summed E-state index contributed by atoms with van der Waals surface area (Å²) < 4.78 is 12.0. The van der Waals surface area contributed by atoms with E-state index in [4.69, 9.17) is 14.6 Å². The molecule has 0 aliphatic carbocycles. The van der Waals surface area contributed by atoms with E-state index in [1.807, 2.05) is 13.0 Å². The van der Waals surface area contributed by atoms with Crippen LogP contribution in [-0.2, 0) is 0 Å². The summed E-state index contributed by atoms with van der Waals surface area (Å²) in [6.07, 6.45) is 0. The molecule has 6 heteroatoms. The zero-order chi connectivity index (χ0) is 12.9. The molecule has 2 aromatic heterocycles. The summed E-state index contributed by atoms with van der Waals surface area (Å²) in [6.45, 7) is 3.63. The van der Waals surface area contributed by atoms with Crippen LogP contribution in [0.15, 0.2) is 25.4 Å². The third-order valence-corrected chi connectivity index (χ3v) is 3.04. The molecule has 2 heterocycles. The molecule has 3 rings (SSSR count). The van der Waals surface area contributed by atoms with Crippen LogP contribution in [0.2, 0.25) is 0 Å². The Morgan fingerprint density at radius 1 is 1.17 bits per heavy atom. The minimum Gasteiger partial charge on any atom is -0.436 e. The molecule has 0 saturated carbocycles. The monoisotopic (exact) mass is 307 g/mol. The number of rotatable bonds is 1. The van der Waals surface area contributed by atoms with Gasteiger partial charge in [0.05, 0.1) is 11.4 Å². The Kier molecular flexibility index (Phi) is 2.41. The van der Waals surface area contributed by atoms with Crippen LogP contribution in [0.3, 0.4) is 0 Å². The van der Waals surface area contributed by atoms with Crippen molar-refractivity contribution in [1.82, 2.24) is 9.97 Å². The van der Waals surface area contributed by atoms with Crippen molar-refractivity contribution in [3.05, 3.63) is 28.2 Å². The molecule has 0 saturated heterocycles. The first kappa shape index (κ1) is 11.3. The van der Waals surface area contributed by atoms with Crippen molar-refractivity contribution in [2.24, 2.45) is 0 Å². The Labute approximate surface area is 111 Å². The first-order valence-corrected chi connectivity index (χ1v) is 6.14. The highest BCUT2D eigenvalue weighted by atomic mass is 79.9. The minimum absolute atomic E-state index is 0.396. The van der Waals surface area contributed by atoms with Crippen molar-refractivity contribution in [1.29, 1.82) is 0 Å². The van der Waals surface area contributed by atoms with Gasteiger partial charge in [-0.05, 0) is 19.1 Å². The molecule has 0 bridgehead atoms. The fraction of sp³-hybridized carbons (Fsp3) is 0.167. The molecular weight excluding hydrogens is 298 g/mol. The minimum atomic E-state index is 0.396. The summed E-state index contributed by atoms with van der Waals surface area (Å²) in [7, 11) is 0. The number of anilines is 1. The van der Waals surface area contributed by atoms with Gasteiger partial charge in [-0.2, -0.15) is 0 Å². The van der Waals surface area contributed by atoms with Gasteiger partial charge in [-0.3, -0.25) is 0 Å². The summed E-state index contributed by atoms with van der Waals surface area (Å²) in [6, 6.07) is 3.62. The molecule has 0 amide bonds. The summed E-state index contributed by atoms with van der Waals surface area (Å²) in [4.78, 5) is 8.56. The van der Waals surface area contributed by atoms with E-state index < -0.39 is 0 Å². The fourth-order valence-corrected chi connectivity index (χ4v) is 2.31.